The molecule has 1 heterocycles. The SMILES string of the molecule is FC(F)(F)c1cccc2c1sc1c(C(F)(F)F)cccc12. The third-order valence-corrected chi connectivity index (χ3v) is 4.42. The molecule has 0 atom stereocenters. The van der Waals surface area contributed by atoms with Gasteiger partial charge in [0.15, 0.2) is 0 Å². The van der Waals surface area contributed by atoms with Gasteiger partial charge in [-0.3, -0.25) is 0 Å². The lowest BCUT2D eigenvalue weighted by Gasteiger charge is -2.06. The van der Waals surface area contributed by atoms with E-state index >= 15 is 0 Å². The molecule has 0 aliphatic rings. The van der Waals surface area contributed by atoms with Crippen LogP contribution in [0.2, 0.25) is 0 Å². The average molecular weight is 320 g/mol. The molecule has 3 aromatic rings. The Morgan fingerprint density at radius 2 is 1.00 bits per heavy atom. The van der Waals surface area contributed by atoms with Crippen molar-refractivity contribution >= 4 is 31.5 Å². The van der Waals surface area contributed by atoms with Crippen LogP contribution in [0.1, 0.15) is 11.1 Å². The Balaban J connectivity index is 2.46. The van der Waals surface area contributed by atoms with Crippen molar-refractivity contribution in [2.45, 2.75) is 12.4 Å². The summed E-state index contributed by atoms with van der Waals surface area (Å²) in [6.07, 6.45) is -9.20. The fourth-order valence-electron chi connectivity index (χ4n) is 2.27. The highest BCUT2D eigenvalue weighted by atomic mass is 32.1. The second kappa shape index (κ2) is 4.37. The number of fused-ring (bicyclic) bond motifs is 3. The zero-order valence-corrected chi connectivity index (χ0v) is 11.0. The molecule has 0 nitrogen and oxygen atoms in total. The average Bonchev–Trinajstić information content (AvgIpc) is 2.74. The molecule has 3 rings (SSSR count). The molecule has 1 aromatic heterocycles. The molecule has 0 amide bonds. The molecule has 0 saturated carbocycles. The van der Waals surface area contributed by atoms with Crippen molar-refractivity contribution in [1.82, 2.24) is 0 Å². The molecular weight excluding hydrogens is 314 g/mol. The zero-order valence-electron chi connectivity index (χ0n) is 10.1. The van der Waals surface area contributed by atoms with Crippen LogP contribution in [0.5, 0.6) is 0 Å². The van der Waals surface area contributed by atoms with E-state index in [1.165, 1.54) is 24.3 Å². The van der Waals surface area contributed by atoms with E-state index in [1.54, 1.807) is 0 Å². The Labute approximate surface area is 118 Å². The van der Waals surface area contributed by atoms with Crippen LogP contribution in [-0.4, -0.2) is 0 Å². The summed E-state index contributed by atoms with van der Waals surface area (Å²) in [7, 11) is 0. The molecule has 0 radical (unpaired) electrons. The third kappa shape index (κ3) is 2.25. The summed E-state index contributed by atoms with van der Waals surface area (Å²) in [5.74, 6) is 0. The van der Waals surface area contributed by atoms with Crippen LogP contribution in [0, 0.1) is 0 Å². The lowest BCUT2D eigenvalue weighted by atomic mass is 10.1. The first-order valence-electron chi connectivity index (χ1n) is 5.78. The van der Waals surface area contributed by atoms with Crippen LogP contribution in [0.25, 0.3) is 20.2 Å². The van der Waals surface area contributed by atoms with E-state index in [9.17, 15) is 26.3 Å². The highest BCUT2D eigenvalue weighted by Crippen LogP contribution is 2.45. The van der Waals surface area contributed by atoms with E-state index in [-0.39, 0.29) is 20.2 Å². The van der Waals surface area contributed by atoms with E-state index in [4.69, 9.17) is 0 Å². The molecule has 7 heteroatoms. The van der Waals surface area contributed by atoms with E-state index in [1.807, 2.05) is 0 Å². The molecule has 2 aromatic carbocycles. The third-order valence-electron chi connectivity index (χ3n) is 3.14. The summed E-state index contributed by atoms with van der Waals surface area (Å²) >= 11 is 0.529. The van der Waals surface area contributed by atoms with Crippen LogP contribution in [-0.2, 0) is 12.4 Å². The second-order valence-corrected chi connectivity index (χ2v) is 5.48. The van der Waals surface area contributed by atoms with Crippen molar-refractivity contribution in [2.75, 3.05) is 0 Å². The summed E-state index contributed by atoms with van der Waals surface area (Å²) in [5, 5.41) is 0.381. The van der Waals surface area contributed by atoms with Crippen molar-refractivity contribution < 1.29 is 26.3 Å². The van der Waals surface area contributed by atoms with Crippen LogP contribution in [0.4, 0.5) is 26.3 Å². The van der Waals surface area contributed by atoms with Gasteiger partial charge in [-0.2, -0.15) is 26.3 Å². The van der Waals surface area contributed by atoms with Gasteiger partial charge in [0.05, 0.1) is 11.1 Å². The standard InChI is InChI=1S/C14H6F6S/c15-13(16,17)9-5-1-3-7-8-4-2-6-10(14(18,19)20)12(8)21-11(7)9/h1-6H. The van der Waals surface area contributed by atoms with E-state index in [0.717, 1.165) is 12.1 Å². The van der Waals surface area contributed by atoms with Gasteiger partial charge in [0.2, 0.25) is 0 Å². The molecule has 0 aliphatic heterocycles. The maximum atomic E-state index is 13.0. The number of rotatable bonds is 0. The number of thiophene rings is 1. The first-order chi connectivity index (χ1) is 9.69. The maximum absolute atomic E-state index is 13.0. The van der Waals surface area contributed by atoms with Crippen molar-refractivity contribution in [3.63, 3.8) is 0 Å². The van der Waals surface area contributed by atoms with Crippen molar-refractivity contribution in [3.05, 3.63) is 47.5 Å². The fraction of sp³-hybridized carbons (Fsp3) is 0.143. The van der Waals surface area contributed by atoms with Gasteiger partial charge in [0.25, 0.3) is 0 Å². The zero-order chi connectivity index (χ0) is 15.4. The van der Waals surface area contributed by atoms with Gasteiger partial charge < -0.3 is 0 Å². The normalized spacial score (nSPS) is 13.2. The van der Waals surface area contributed by atoms with Crippen molar-refractivity contribution in [1.29, 1.82) is 0 Å². The van der Waals surface area contributed by atoms with Crippen LogP contribution >= 0.6 is 11.3 Å². The van der Waals surface area contributed by atoms with Crippen LogP contribution < -0.4 is 0 Å². The Kier molecular flexibility index (Phi) is 2.95. The summed E-state index contributed by atoms with van der Waals surface area (Å²) < 4.78 is 77.5. The number of hydrogen-bond donors (Lipinski definition) is 0. The second-order valence-electron chi connectivity index (χ2n) is 4.46. The molecule has 0 aliphatic carbocycles. The molecular formula is C14H6F6S. The molecule has 0 spiro atoms. The highest BCUT2D eigenvalue weighted by molar-refractivity contribution is 7.26. The minimum absolute atomic E-state index is 0.170. The first kappa shape index (κ1) is 14.2. The van der Waals surface area contributed by atoms with Gasteiger partial charge >= 0.3 is 12.4 Å². The molecule has 110 valence electrons. The molecule has 0 N–H and O–H groups in total. The van der Waals surface area contributed by atoms with Gasteiger partial charge in [0, 0.05) is 20.2 Å². The summed E-state index contributed by atoms with van der Waals surface area (Å²) in [4.78, 5) is 0. The summed E-state index contributed by atoms with van der Waals surface area (Å²) in [6.45, 7) is 0. The molecule has 0 saturated heterocycles. The van der Waals surface area contributed by atoms with E-state index < -0.39 is 23.5 Å². The Morgan fingerprint density at radius 1 is 0.619 bits per heavy atom. The monoisotopic (exact) mass is 320 g/mol. The van der Waals surface area contributed by atoms with E-state index in [0.29, 0.717) is 11.3 Å². The van der Waals surface area contributed by atoms with Crippen LogP contribution in [0.15, 0.2) is 36.4 Å². The van der Waals surface area contributed by atoms with Gasteiger partial charge in [-0.05, 0) is 12.1 Å². The lowest BCUT2D eigenvalue weighted by molar-refractivity contribution is -0.136. The number of halogens is 6. The minimum Gasteiger partial charge on any atom is -0.166 e. The largest absolute Gasteiger partial charge is 0.417 e. The quantitative estimate of drug-likeness (QED) is 0.440. The fourth-order valence-corrected chi connectivity index (χ4v) is 3.63. The van der Waals surface area contributed by atoms with Gasteiger partial charge in [-0.1, -0.05) is 24.3 Å². The van der Waals surface area contributed by atoms with E-state index in [2.05, 4.69) is 0 Å². The van der Waals surface area contributed by atoms with Crippen molar-refractivity contribution in [2.24, 2.45) is 0 Å². The number of alkyl halides is 6. The van der Waals surface area contributed by atoms with Gasteiger partial charge in [-0.25, -0.2) is 0 Å². The lowest BCUT2D eigenvalue weighted by Crippen LogP contribution is -2.04. The molecule has 21 heavy (non-hydrogen) atoms. The number of hydrogen-bond acceptors (Lipinski definition) is 1. The Bertz CT molecular complexity index is 757. The smallest absolute Gasteiger partial charge is 0.166 e. The topological polar surface area (TPSA) is 0 Å². The van der Waals surface area contributed by atoms with Crippen molar-refractivity contribution in [3.8, 4) is 0 Å². The molecule has 0 fully saturated rings. The molecule has 0 unspecified atom stereocenters. The molecule has 0 bridgehead atoms. The predicted octanol–water partition coefficient (Wildman–Crippen LogP) is 6.09. The predicted molar refractivity (Wildman–Crippen MR) is 69.3 cm³/mol. The minimum atomic E-state index is -4.60. The van der Waals surface area contributed by atoms with Gasteiger partial charge in [-0.15, -0.1) is 11.3 Å². The van der Waals surface area contributed by atoms with Crippen LogP contribution in [0.3, 0.4) is 0 Å². The highest BCUT2D eigenvalue weighted by Gasteiger charge is 2.36. The first-order valence-corrected chi connectivity index (χ1v) is 6.60. The Hall–Kier alpha value is -1.76. The maximum Gasteiger partial charge on any atom is 0.417 e. The summed E-state index contributed by atoms with van der Waals surface area (Å²) in [6, 6.07) is 6.98. The summed E-state index contributed by atoms with van der Waals surface area (Å²) in [5.41, 5.74) is -1.82. The Morgan fingerprint density at radius 3 is 1.33 bits per heavy atom. The van der Waals surface area contributed by atoms with Gasteiger partial charge in [0.1, 0.15) is 0 Å². The number of benzene rings is 2.